The highest BCUT2D eigenvalue weighted by atomic mass is 19.1. The third kappa shape index (κ3) is 2.76. The SMILES string of the molecule is CCN(C(=O)C(C#N)(CC)CC)c1ccccc1F. The van der Waals surface area contributed by atoms with Crippen molar-refractivity contribution in [2.45, 2.75) is 33.6 Å². The smallest absolute Gasteiger partial charge is 0.247 e. The number of benzene rings is 1. The summed E-state index contributed by atoms with van der Waals surface area (Å²) in [7, 11) is 0. The molecule has 3 nitrogen and oxygen atoms in total. The molecule has 0 aliphatic heterocycles. The third-order valence-corrected chi connectivity index (χ3v) is 3.54. The van der Waals surface area contributed by atoms with Gasteiger partial charge >= 0.3 is 0 Å². The van der Waals surface area contributed by atoms with Gasteiger partial charge in [-0.2, -0.15) is 5.26 Å². The summed E-state index contributed by atoms with van der Waals surface area (Å²) in [5, 5.41) is 9.32. The molecule has 19 heavy (non-hydrogen) atoms. The number of hydrogen-bond acceptors (Lipinski definition) is 2. The van der Waals surface area contributed by atoms with Crippen LogP contribution in [0.1, 0.15) is 33.6 Å². The van der Waals surface area contributed by atoms with Crippen molar-refractivity contribution in [3.05, 3.63) is 30.1 Å². The van der Waals surface area contributed by atoms with Crippen molar-refractivity contribution >= 4 is 11.6 Å². The number of amides is 1. The van der Waals surface area contributed by atoms with Crippen LogP contribution in [0.15, 0.2) is 24.3 Å². The Morgan fingerprint density at radius 3 is 2.32 bits per heavy atom. The van der Waals surface area contributed by atoms with Gasteiger partial charge in [-0.15, -0.1) is 0 Å². The predicted molar refractivity (Wildman–Crippen MR) is 73.1 cm³/mol. The molecule has 102 valence electrons. The Kier molecular flexibility index (Phi) is 5.05. The van der Waals surface area contributed by atoms with Crippen molar-refractivity contribution in [3.8, 4) is 6.07 Å². The summed E-state index contributed by atoms with van der Waals surface area (Å²) in [6, 6.07) is 8.24. The first-order valence-corrected chi connectivity index (χ1v) is 6.54. The lowest BCUT2D eigenvalue weighted by atomic mass is 9.82. The van der Waals surface area contributed by atoms with Crippen molar-refractivity contribution in [3.63, 3.8) is 0 Å². The van der Waals surface area contributed by atoms with Crippen LogP contribution < -0.4 is 4.90 Å². The fraction of sp³-hybridized carbons (Fsp3) is 0.467. The fourth-order valence-corrected chi connectivity index (χ4v) is 2.11. The average molecular weight is 262 g/mol. The molecule has 0 atom stereocenters. The van der Waals surface area contributed by atoms with Gasteiger partial charge in [-0.05, 0) is 31.9 Å². The van der Waals surface area contributed by atoms with E-state index in [0.717, 1.165) is 0 Å². The van der Waals surface area contributed by atoms with Gasteiger partial charge in [0.25, 0.3) is 0 Å². The second-order valence-corrected chi connectivity index (χ2v) is 4.40. The minimum absolute atomic E-state index is 0.233. The summed E-state index contributed by atoms with van der Waals surface area (Å²) in [5.74, 6) is -0.774. The molecular weight excluding hydrogens is 243 g/mol. The number of nitrogens with zero attached hydrogens (tertiary/aromatic N) is 2. The Bertz CT molecular complexity index is 489. The predicted octanol–water partition coefficient (Wildman–Crippen LogP) is 3.51. The van der Waals surface area contributed by atoms with Crippen LogP contribution in [0, 0.1) is 22.6 Å². The number of rotatable bonds is 5. The maximum absolute atomic E-state index is 13.8. The second kappa shape index (κ2) is 6.33. The van der Waals surface area contributed by atoms with Crippen LogP contribution in [-0.4, -0.2) is 12.5 Å². The summed E-state index contributed by atoms with van der Waals surface area (Å²) in [5.41, 5.74) is -0.838. The summed E-state index contributed by atoms with van der Waals surface area (Å²) < 4.78 is 13.8. The van der Waals surface area contributed by atoms with Crippen molar-refractivity contribution in [2.75, 3.05) is 11.4 Å². The summed E-state index contributed by atoms with van der Waals surface area (Å²) in [4.78, 5) is 13.9. The van der Waals surface area contributed by atoms with Gasteiger partial charge in [0.15, 0.2) is 0 Å². The van der Waals surface area contributed by atoms with Gasteiger partial charge in [-0.25, -0.2) is 4.39 Å². The molecule has 0 saturated heterocycles. The molecular formula is C15H19FN2O. The van der Waals surface area contributed by atoms with E-state index in [1.165, 1.54) is 11.0 Å². The molecule has 0 heterocycles. The van der Waals surface area contributed by atoms with Crippen molar-refractivity contribution in [1.29, 1.82) is 5.26 Å². The molecule has 0 N–H and O–H groups in total. The summed E-state index contributed by atoms with van der Waals surface area (Å²) >= 11 is 0. The molecule has 0 aromatic heterocycles. The van der Waals surface area contributed by atoms with Gasteiger partial charge in [0.05, 0.1) is 11.8 Å². The van der Waals surface area contributed by atoms with E-state index in [-0.39, 0.29) is 11.6 Å². The standard InChI is InChI=1S/C15H19FN2O/c1-4-15(5-2,11-17)14(19)18(6-3)13-10-8-7-9-12(13)16/h7-10H,4-6H2,1-3H3. The van der Waals surface area contributed by atoms with E-state index in [1.54, 1.807) is 39.0 Å². The van der Waals surface area contributed by atoms with E-state index in [1.807, 2.05) is 0 Å². The first kappa shape index (κ1) is 15.2. The number of nitriles is 1. The Hall–Kier alpha value is -1.89. The minimum Gasteiger partial charge on any atom is -0.309 e. The van der Waals surface area contributed by atoms with E-state index in [0.29, 0.717) is 19.4 Å². The van der Waals surface area contributed by atoms with Crippen molar-refractivity contribution in [2.24, 2.45) is 5.41 Å². The molecule has 0 saturated carbocycles. The van der Waals surface area contributed by atoms with Gasteiger partial charge in [0, 0.05) is 6.54 Å². The van der Waals surface area contributed by atoms with Gasteiger partial charge in [-0.1, -0.05) is 26.0 Å². The normalized spacial score (nSPS) is 10.9. The largest absolute Gasteiger partial charge is 0.309 e. The average Bonchev–Trinajstić information content (AvgIpc) is 2.44. The van der Waals surface area contributed by atoms with E-state index in [2.05, 4.69) is 6.07 Å². The number of carbonyl (C=O) groups excluding carboxylic acids is 1. The van der Waals surface area contributed by atoms with Crippen LogP contribution in [0.3, 0.4) is 0 Å². The Morgan fingerprint density at radius 1 is 1.32 bits per heavy atom. The molecule has 1 amide bonds. The van der Waals surface area contributed by atoms with E-state index in [4.69, 9.17) is 0 Å². The van der Waals surface area contributed by atoms with Crippen LogP contribution in [0.5, 0.6) is 0 Å². The van der Waals surface area contributed by atoms with Crippen molar-refractivity contribution < 1.29 is 9.18 Å². The Morgan fingerprint density at radius 2 is 1.89 bits per heavy atom. The molecule has 0 spiro atoms. The van der Waals surface area contributed by atoms with Crippen molar-refractivity contribution in [1.82, 2.24) is 0 Å². The summed E-state index contributed by atoms with van der Waals surface area (Å²) in [6.07, 6.45) is 0.841. The molecule has 0 radical (unpaired) electrons. The first-order chi connectivity index (χ1) is 9.06. The molecule has 0 fully saturated rings. The first-order valence-electron chi connectivity index (χ1n) is 6.54. The van der Waals surface area contributed by atoms with E-state index < -0.39 is 11.2 Å². The van der Waals surface area contributed by atoms with E-state index >= 15 is 0 Å². The lowest BCUT2D eigenvalue weighted by Crippen LogP contribution is -2.43. The van der Waals surface area contributed by atoms with Crippen LogP contribution in [-0.2, 0) is 4.79 Å². The quantitative estimate of drug-likeness (QED) is 0.815. The van der Waals surface area contributed by atoms with Crippen LogP contribution >= 0.6 is 0 Å². The topological polar surface area (TPSA) is 44.1 Å². The Labute approximate surface area is 113 Å². The minimum atomic E-state index is -1.07. The highest BCUT2D eigenvalue weighted by Crippen LogP contribution is 2.31. The molecule has 1 aromatic carbocycles. The molecule has 1 rings (SSSR count). The van der Waals surface area contributed by atoms with Crippen LogP contribution in [0.2, 0.25) is 0 Å². The maximum atomic E-state index is 13.8. The molecule has 1 aromatic rings. The zero-order valence-corrected chi connectivity index (χ0v) is 11.6. The van der Waals surface area contributed by atoms with Gasteiger partial charge < -0.3 is 4.90 Å². The highest BCUT2D eigenvalue weighted by Gasteiger charge is 2.39. The monoisotopic (exact) mass is 262 g/mol. The molecule has 0 unspecified atom stereocenters. The number of hydrogen-bond donors (Lipinski definition) is 0. The molecule has 0 aliphatic carbocycles. The second-order valence-electron chi connectivity index (χ2n) is 4.40. The number of carbonyl (C=O) groups is 1. The highest BCUT2D eigenvalue weighted by molar-refractivity contribution is 5.99. The summed E-state index contributed by atoms with van der Waals surface area (Å²) in [6.45, 7) is 5.72. The van der Waals surface area contributed by atoms with Gasteiger partial charge in [0.2, 0.25) is 5.91 Å². The zero-order valence-electron chi connectivity index (χ0n) is 11.6. The maximum Gasteiger partial charge on any atom is 0.247 e. The lowest BCUT2D eigenvalue weighted by molar-refractivity contribution is -0.125. The van der Waals surface area contributed by atoms with Gasteiger partial charge in [-0.3, -0.25) is 4.79 Å². The number of anilines is 1. The lowest BCUT2D eigenvalue weighted by Gasteiger charge is -2.30. The zero-order chi connectivity index (χ0) is 14.5. The van der Waals surface area contributed by atoms with Crippen LogP contribution in [0.25, 0.3) is 0 Å². The number of para-hydroxylation sites is 1. The Balaban J connectivity index is 3.22. The molecule has 0 bridgehead atoms. The van der Waals surface area contributed by atoms with Gasteiger partial charge in [0.1, 0.15) is 11.2 Å². The van der Waals surface area contributed by atoms with Crippen LogP contribution in [0.4, 0.5) is 10.1 Å². The number of halogens is 1. The fourth-order valence-electron chi connectivity index (χ4n) is 2.11. The molecule has 0 aliphatic rings. The molecule has 4 heteroatoms. The van der Waals surface area contributed by atoms with E-state index in [9.17, 15) is 14.4 Å². The third-order valence-electron chi connectivity index (χ3n) is 3.54.